The molecular weight excluding hydrogens is 568 g/mol. The van der Waals surface area contributed by atoms with E-state index in [-0.39, 0.29) is 0 Å². The third kappa shape index (κ3) is 10.7. The number of halogens is 1. The Bertz CT molecular complexity index is 1300. The van der Waals surface area contributed by atoms with Crippen molar-refractivity contribution in [2.75, 3.05) is 5.32 Å². The van der Waals surface area contributed by atoms with Gasteiger partial charge in [0.25, 0.3) is 5.91 Å². The summed E-state index contributed by atoms with van der Waals surface area (Å²) >= 11 is 6.46. The summed E-state index contributed by atoms with van der Waals surface area (Å²) in [6, 6.07) is 9.35. The van der Waals surface area contributed by atoms with Crippen LogP contribution < -0.4 is 16.4 Å². The Hall–Kier alpha value is -3.85. The first-order valence-corrected chi connectivity index (χ1v) is 14.8. The summed E-state index contributed by atoms with van der Waals surface area (Å²) in [5.74, 6) is -1.65. The lowest BCUT2D eigenvalue weighted by Gasteiger charge is -2.39. The van der Waals surface area contributed by atoms with E-state index in [0.29, 0.717) is 28.6 Å². The highest BCUT2D eigenvalue weighted by atomic mass is 35.5. The second kappa shape index (κ2) is 15.6. The van der Waals surface area contributed by atoms with Gasteiger partial charge in [-0.3, -0.25) is 14.4 Å². The van der Waals surface area contributed by atoms with Crippen LogP contribution in [0.15, 0.2) is 49.0 Å². The fourth-order valence-electron chi connectivity index (χ4n) is 4.62. The highest BCUT2D eigenvalue weighted by molar-refractivity contribution is 6.34. The van der Waals surface area contributed by atoms with Crippen molar-refractivity contribution in [3.8, 4) is 0 Å². The number of nitrogens with two attached hydrogens (primary N) is 1. The van der Waals surface area contributed by atoms with Gasteiger partial charge in [-0.2, -0.15) is 0 Å². The number of amides is 4. The Kier molecular flexibility index (Phi) is 12.8. The number of ether oxygens (including phenoxy) is 1. The van der Waals surface area contributed by atoms with Crippen LogP contribution in [0.4, 0.5) is 10.5 Å². The molecule has 0 fully saturated rings. The van der Waals surface area contributed by atoms with Gasteiger partial charge in [0, 0.05) is 6.04 Å². The monoisotopic (exact) mass is 612 g/mol. The molecule has 0 spiro atoms. The van der Waals surface area contributed by atoms with Crippen molar-refractivity contribution in [3.63, 3.8) is 0 Å². The minimum Gasteiger partial charge on any atom is -0.444 e. The number of alkyl carbamates (subject to hydrolysis) is 1. The fraction of sp³-hybridized carbons (Fsp3) is 0.455. The molecule has 234 valence electrons. The number of rotatable bonds is 13. The van der Waals surface area contributed by atoms with Crippen molar-refractivity contribution < 1.29 is 23.9 Å². The summed E-state index contributed by atoms with van der Waals surface area (Å²) in [5, 5.41) is 5.79. The van der Waals surface area contributed by atoms with Crippen LogP contribution in [0, 0.1) is 12.8 Å². The van der Waals surface area contributed by atoms with Crippen molar-refractivity contribution in [2.24, 2.45) is 11.7 Å². The fourth-order valence-corrected chi connectivity index (χ4v) is 4.89. The molecule has 0 aromatic heterocycles. The normalized spacial score (nSPS) is 13.4. The van der Waals surface area contributed by atoms with Crippen LogP contribution in [0.3, 0.4) is 0 Å². The van der Waals surface area contributed by atoms with E-state index in [1.165, 1.54) is 4.90 Å². The maximum Gasteiger partial charge on any atom is 0.408 e. The number of aryl methyl sites for hydroxylation is 1. The molecule has 3 atom stereocenters. The molecule has 0 radical (unpaired) electrons. The van der Waals surface area contributed by atoms with Crippen LogP contribution in [-0.4, -0.2) is 46.4 Å². The summed E-state index contributed by atoms with van der Waals surface area (Å²) in [7, 11) is 0. The standard InChI is InChI=1S/C33H45ClN4O5/c1-9-23-13-11-14-24(18-23)29(30(40)37-28-21(4)12-10-15-25(28)34)38(22(5)17-16-20(2)3)31(41)26(19-27(35)39)36-32(42)43-33(6,7)8/h9-15,18,20,22,26,29H,1,16-17,19H2,2-8H3,(H2,35,39)(H,36,42)(H,37,40). The molecule has 0 saturated carbocycles. The first-order valence-electron chi connectivity index (χ1n) is 14.4. The molecule has 10 heteroatoms. The van der Waals surface area contributed by atoms with Gasteiger partial charge in [-0.05, 0) is 82.2 Å². The second-order valence-corrected chi connectivity index (χ2v) is 12.5. The Morgan fingerprint density at radius 2 is 1.72 bits per heavy atom. The summed E-state index contributed by atoms with van der Waals surface area (Å²) in [6.45, 7) is 16.7. The molecule has 2 aromatic carbocycles. The number of carbonyl (C=O) groups excluding carboxylic acids is 4. The highest BCUT2D eigenvalue weighted by Crippen LogP contribution is 2.32. The molecule has 43 heavy (non-hydrogen) atoms. The van der Waals surface area contributed by atoms with E-state index in [0.717, 1.165) is 17.5 Å². The Morgan fingerprint density at radius 1 is 1.07 bits per heavy atom. The number of nitrogens with zero attached hydrogens (tertiary/aromatic N) is 1. The van der Waals surface area contributed by atoms with E-state index in [1.54, 1.807) is 57.2 Å². The van der Waals surface area contributed by atoms with Crippen molar-refractivity contribution in [1.82, 2.24) is 10.2 Å². The summed E-state index contributed by atoms with van der Waals surface area (Å²) in [6.07, 6.45) is 1.58. The molecule has 0 saturated heterocycles. The van der Waals surface area contributed by atoms with E-state index in [9.17, 15) is 19.2 Å². The van der Waals surface area contributed by atoms with Gasteiger partial charge in [0.2, 0.25) is 11.8 Å². The zero-order valence-electron chi connectivity index (χ0n) is 26.2. The Morgan fingerprint density at radius 3 is 2.28 bits per heavy atom. The Labute approximate surface area is 260 Å². The molecule has 9 nitrogen and oxygen atoms in total. The summed E-state index contributed by atoms with van der Waals surface area (Å²) in [5.41, 5.74) is 7.08. The van der Waals surface area contributed by atoms with Crippen LogP contribution in [-0.2, 0) is 19.1 Å². The maximum atomic E-state index is 14.4. The van der Waals surface area contributed by atoms with Crippen molar-refractivity contribution in [1.29, 1.82) is 0 Å². The first-order chi connectivity index (χ1) is 20.0. The zero-order valence-corrected chi connectivity index (χ0v) is 27.0. The zero-order chi connectivity index (χ0) is 32.5. The van der Waals surface area contributed by atoms with Gasteiger partial charge < -0.3 is 26.0 Å². The third-order valence-corrected chi connectivity index (χ3v) is 7.06. The molecular formula is C33H45ClN4O5. The lowest BCUT2D eigenvalue weighted by Crippen LogP contribution is -2.55. The van der Waals surface area contributed by atoms with Gasteiger partial charge in [-0.15, -0.1) is 0 Å². The molecule has 0 aliphatic carbocycles. The van der Waals surface area contributed by atoms with Gasteiger partial charge in [0.15, 0.2) is 0 Å². The van der Waals surface area contributed by atoms with Gasteiger partial charge in [0.05, 0.1) is 17.1 Å². The van der Waals surface area contributed by atoms with Crippen molar-refractivity contribution in [3.05, 3.63) is 70.8 Å². The van der Waals surface area contributed by atoms with Crippen molar-refractivity contribution in [2.45, 2.75) is 91.5 Å². The molecule has 4 N–H and O–H groups in total. The van der Waals surface area contributed by atoms with Gasteiger partial charge in [-0.1, -0.05) is 68.4 Å². The van der Waals surface area contributed by atoms with E-state index in [1.807, 2.05) is 26.0 Å². The minimum atomic E-state index is -1.38. The molecule has 2 rings (SSSR count). The maximum absolute atomic E-state index is 14.4. The second-order valence-electron chi connectivity index (χ2n) is 12.1. The molecule has 4 amide bonds. The average Bonchev–Trinajstić information content (AvgIpc) is 2.90. The molecule has 2 aromatic rings. The van der Waals surface area contributed by atoms with Crippen LogP contribution in [0.25, 0.3) is 6.08 Å². The van der Waals surface area contributed by atoms with Crippen LogP contribution in [0.2, 0.25) is 5.02 Å². The van der Waals surface area contributed by atoms with E-state index < -0.39 is 54.0 Å². The smallest absolute Gasteiger partial charge is 0.408 e. The first kappa shape index (κ1) is 35.3. The highest BCUT2D eigenvalue weighted by Gasteiger charge is 2.39. The number of benzene rings is 2. The van der Waals surface area contributed by atoms with Gasteiger partial charge >= 0.3 is 6.09 Å². The van der Waals surface area contributed by atoms with Crippen LogP contribution >= 0.6 is 11.6 Å². The summed E-state index contributed by atoms with van der Waals surface area (Å²) < 4.78 is 5.37. The van der Waals surface area contributed by atoms with Crippen LogP contribution in [0.5, 0.6) is 0 Å². The van der Waals surface area contributed by atoms with Gasteiger partial charge in [0.1, 0.15) is 17.7 Å². The topological polar surface area (TPSA) is 131 Å². The van der Waals surface area contributed by atoms with E-state index in [4.69, 9.17) is 22.1 Å². The summed E-state index contributed by atoms with van der Waals surface area (Å²) in [4.78, 5) is 55.0. The Balaban J connectivity index is 2.72. The SMILES string of the molecule is C=Cc1cccc(C(C(=O)Nc2c(C)cccc2Cl)N(C(=O)C(CC(N)=O)NC(=O)OC(C)(C)C)C(C)CCC(C)C)c1. The molecule has 0 heterocycles. The minimum absolute atomic E-state index is 0.322. The predicted molar refractivity (Wildman–Crippen MR) is 171 cm³/mol. The number of para-hydroxylation sites is 1. The number of carbonyl (C=O) groups is 4. The number of nitrogens with one attached hydrogen (secondary N) is 2. The van der Waals surface area contributed by atoms with E-state index in [2.05, 4.69) is 31.1 Å². The quantitative estimate of drug-likeness (QED) is 0.241. The molecule has 0 bridgehead atoms. The molecule has 3 unspecified atom stereocenters. The number of hydrogen-bond acceptors (Lipinski definition) is 5. The van der Waals surface area contributed by atoms with Crippen LogP contribution in [0.1, 0.15) is 83.5 Å². The number of anilines is 1. The lowest BCUT2D eigenvalue weighted by molar-refractivity contribution is -0.144. The largest absolute Gasteiger partial charge is 0.444 e. The van der Waals surface area contributed by atoms with Crippen molar-refractivity contribution >= 4 is 47.2 Å². The number of hydrogen-bond donors (Lipinski definition) is 3. The molecule has 0 aliphatic heterocycles. The number of primary amides is 1. The lowest BCUT2D eigenvalue weighted by atomic mass is 9.95. The van der Waals surface area contributed by atoms with E-state index >= 15 is 0 Å². The predicted octanol–water partition coefficient (Wildman–Crippen LogP) is 6.39. The average molecular weight is 613 g/mol. The van der Waals surface area contributed by atoms with Gasteiger partial charge in [-0.25, -0.2) is 4.79 Å². The molecule has 0 aliphatic rings. The third-order valence-electron chi connectivity index (χ3n) is 6.74.